The predicted octanol–water partition coefficient (Wildman–Crippen LogP) is 3.23. The fourth-order valence-corrected chi connectivity index (χ4v) is 2.55. The van der Waals surface area contributed by atoms with Gasteiger partial charge in [-0.3, -0.25) is 9.78 Å². The first kappa shape index (κ1) is 10.3. The maximum Gasteiger partial charge on any atom is 0.248 e. The molecule has 0 aliphatic carbocycles. The van der Waals surface area contributed by atoms with Gasteiger partial charge in [0.2, 0.25) is 5.56 Å². The van der Waals surface area contributed by atoms with Gasteiger partial charge in [0, 0.05) is 28.4 Å². The van der Waals surface area contributed by atoms with E-state index in [0.717, 1.165) is 32.6 Å². The van der Waals surface area contributed by atoms with Gasteiger partial charge in [0.15, 0.2) is 0 Å². The van der Waals surface area contributed by atoms with Crippen LogP contribution in [0, 0.1) is 0 Å². The summed E-state index contributed by atoms with van der Waals surface area (Å²) < 4.78 is 0. The number of hydrogen-bond donors (Lipinski definition) is 1. The summed E-state index contributed by atoms with van der Waals surface area (Å²) in [5.41, 5.74) is 1.68. The van der Waals surface area contributed by atoms with Gasteiger partial charge in [-0.2, -0.15) is 0 Å². The molecule has 19 heavy (non-hydrogen) atoms. The Hall–Kier alpha value is -2.68. The zero-order valence-electron chi connectivity index (χ0n) is 10.1. The molecule has 0 atom stereocenters. The zero-order chi connectivity index (χ0) is 12.8. The number of fused-ring (bicyclic) bond motifs is 5. The second-order valence-electron chi connectivity index (χ2n) is 4.59. The molecule has 0 amide bonds. The van der Waals surface area contributed by atoms with E-state index in [9.17, 15) is 4.79 Å². The molecule has 0 spiro atoms. The van der Waals surface area contributed by atoms with Gasteiger partial charge >= 0.3 is 0 Å². The maximum absolute atomic E-state index is 11.5. The Morgan fingerprint density at radius 3 is 2.63 bits per heavy atom. The van der Waals surface area contributed by atoms with Crippen LogP contribution in [0.25, 0.3) is 32.6 Å². The van der Waals surface area contributed by atoms with E-state index in [-0.39, 0.29) is 5.56 Å². The van der Waals surface area contributed by atoms with Crippen LogP contribution in [0.4, 0.5) is 0 Å². The average molecular weight is 246 g/mol. The number of hydrogen-bond acceptors (Lipinski definition) is 2. The summed E-state index contributed by atoms with van der Waals surface area (Å²) in [5, 5.41) is 4.18. The Morgan fingerprint density at radius 1 is 0.842 bits per heavy atom. The van der Waals surface area contributed by atoms with Gasteiger partial charge in [-0.25, -0.2) is 0 Å². The first-order valence-corrected chi connectivity index (χ1v) is 6.12. The highest BCUT2D eigenvalue weighted by Crippen LogP contribution is 2.27. The van der Waals surface area contributed by atoms with E-state index >= 15 is 0 Å². The highest BCUT2D eigenvalue weighted by atomic mass is 16.1. The van der Waals surface area contributed by atoms with Crippen LogP contribution in [0.2, 0.25) is 0 Å². The van der Waals surface area contributed by atoms with E-state index in [1.807, 2.05) is 18.2 Å². The minimum atomic E-state index is -0.0897. The highest BCUT2D eigenvalue weighted by molar-refractivity contribution is 6.13. The fraction of sp³-hybridized carbons (Fsp3) is 0. The number of rotatable bonds is 0. The summed E-state index contributed by atoms with van der Waals surface area (Å²) >= 11 is 0. The van der Waals surface area contributed by atoms with Crippen LogP contribution in [-0.2, 0) is 0 Å². The van der Waals surface area contributed by atoms with Crippen LogP contribution >= 0.6 is 0 Å². The van der Waals surface area contributed by atoms with Gasteiger partial charge in [0.25, 0.3) is 0 Å². The van der Waals surface area contributed by atoms with Crippen LogP contribution in [-0.4, -0.2) is 9.97 Å². The van der Waals surface area contributed by atoms with Crippen molar-refractivity contribution in [2.45, 2.75) is 0 Å². The third-order valence-corrected chi connectivity index (χ3v) is 3.45. The molecular weight excluding hydrogens is 236 g/mol. The Morgan fingerprint density at radius 2 is 1.68 bits per heavy atom. The molecule has 2 aromatic heterocycles. The number of nitrogens with one attached hydrogen (secondary N) is 1. The van der Waals surface area contributed by atoms with Crippen molar-refractivity contribution in [3.63, 3.8) is 0 Å². The third-order valence-electron chi connectivity index (χ3n) is 3.45. The van der Waals surface area contributed by atoms with Crippen LogP contribution in [0.15, 0.2) is 59.5 Å². The van der Waals surface area contributed by atoms with Crippen LogP contribution in [0.3, 0.4) is 0 Å². The Labute approximate surface area is 108 Å². The lowest BCUT2D eigenvalue weighted by molar-refractivity contribution is 1.30. The largest absolute Gasteiger partial charge is 0.321 e. The SMILES string of the molecule is O=c1ccc2cnc3c4ccccc4ccc3c2[nH]1. The molecule has 0 radical (unpaired) electrons. The Kier molecular flexibility index (Phi) is 1.97. The lowest BCUT2D eigenvalue weighted by Gasteiger charge is -2.05. The number of pyridine rings is 2. The molecule has 3 nitrogen and oxygen atoms in total. The molecule has 4 aromatic rings. The summed E-state index contributed by atoms with van der Waals surface area (Å²) in [6.07, 6.45) is 1.81. The number of aromatic amines is 1. The van der Waals surface area contributed by atoms with E-state index in [0.29, 0.717) is 0 Å². The van der Waals surface area contributed by atoms with E-state index in [2.05, 4.69) is 28.2 Å². The molecule has 90 valence electrons. The van der Waals surface area contributed by atoms with Crippen molar-refractivity contribution < 1.29 is 0 Å². The van der Waals surface area contributed by atoms with Gasteiger partial charge < -0.3 is 4.98 Å². The second-order valence-corrected chi connectivity index (χ2v) is 4.59. The standard InChI is InChI=1S/C16H10N2O/c19-14-8-6-11-9-17-16-12-4-2-1-3-10(12)5-7-13(16)15(11)18-14/h1-9H,(H,18,19). The van der Waals surface area contributed by atoms with E-state index in [1.165, 1.54) is 6.07 Å². The molecule has 0 unspecified atom stereocenters. The minimum absolute atomic E-state index is 0.0897. The van der Waals surface area contributed by atoms with Crippen molar-refractivity contribution in [2.75, 3.05) is 0 Å². The molecule has 0 fully saturated rings. The molecule has 0 aliphatic heterocycles. The van der Waals surface area contributed by atoms with E-state index in [4.69, 9.17) is 0 Å². The number of benzene rings is 2. The smallest absolute Gasteiger partial charge is 0.248 e. The maximum atomic E-state index is 11.5. The number of aromatic nitrogens is 2. The second kappa shape index (κ2) is 3.65. The molecule has 0 bridgehead atoms. The van der Waals surface area contributed by atoms with Crippen molar-refractivity contribution >= 4 is 32.6 Å². The number of H-pyrrole nitrogens is 1. The number of nitrogens with zero attached hydrogens (tertiary/aromatic N) is 1. The van der Waals surface area contributed by atoms with Gasteiger partial charge in [-0.05, 0) is 11.5 Å². The zero-order valence-corrected chi connectivity index (χ0v) is 10.1. The predicted molar refractivity (Wildman–Crippen MR) is 77.4 cm³/mol. The van der Waals surface area contributed by atoms with Gasteiger partial charge in [-0.1, -0.05) is 36.4 Å². The topological polar surface area (TPSA) is 45.8 Å². The fourth-order valence-electron chi connectivity index (χ4n) is 2.55. The van der Waals surface area contributed by atoms with Gasteiger partial charge in [-0.15, -0.1) is 0 Å². The van der Waals surface area contributed by atoms with Crippen LogP contribution in [0.5, 0.6) is 0 Å². The summed E-state index contributed by atoms with van der Waals surface area (Å²) in [7, 11) is 0. The minimum Gasteiger partial charge on any atom is -0.321 e. The van der Waals surface area contributed by atoms with Crippen molar-refractivity contribution in [3.05, 3.63) is 65.1 Å². The first-order valence-electron chi connectivity index (χ1n) is 6.12. The highest BCUT2D eigenvalue weighted by Gasteiger charge is 2.05. The molecular formula is C16H10N2O. The van der Waals surface area contributed by atoms with Gasteiger partial charge in [0.05, 0.1) is 11.0 Å². The molecule has 0 aliphatic rings. The van der Waals surface area contributed by atoms with Gasteiger partial charge in [0.1, 0.15) is 0 Å². The monoisotopic (exact) mass is 246 g/mol. The third kappa shape index (κ3) is 1.45. The van der Waals surface area contributed by atoms with Crippen LogP contribution in [0.1, 0.15) is 0 Å². The Bertz CT molecular complexity index is 986. The van der Waals surface area contributed by atoms with Crippen molar-refractivity contribution in [1.82, 2.24) is 9.97 Å². The summed E-state index contributed by atoms with van der Waals surface area (Å²) in [5.74, 6) is 0. The lowest BCUT2D eigenvalue weighted by Crippen LogP contribution is -2.03. The van der Waals surface area contributed by atoms with Crippen molar-refractivity contribution in [3.8, 4) is 0 Å². The molecule has 1 N–H and O–H groups in total. The van der Waals surface area contributed by atoms with Crippen molar-refractivity contribution in [1.29, 1.82) is 0 Å². The van der Waals surface area contributed by atoms with E-state index in [1.54, 1.807) is 12.3 Å². The molecule has 0 saturated heterocycles. The molecule has 0 saturated carbocycles. The summed E-state index contributed by atoms with van der Waals surface area (Å²) in [6.45, 7) is 0. The summed E-state index contributed by atoms with van der Waals surface area (Å²) in [6, 6.07) is 15.5. The van der Waals surface area contributed by atoms with E-state index < -0.39 is 0 Å². The molecule has 2 heterocycles. The average Bonchev–Trinajstić information content (AvgIpc) is 2.46. The molecule has 2 aromatic carbocycles. The quantitative estimate of drug-likeness (QED) is 0.484. The normalized spacial score (nSPS) is 11.4. The lowest BCUT2D eigenvalue weighted by atomic mass is 10.0. The molecule has 3 heteroatoms. The van der Waals surface area contributed by atoms with Crippen molar-refractivity contribution in [2.24, 2.45) is 0 Å². The molecule has 4 rings (SSSR count). The first-order chi connectivity index (χ1) is 9.33. The summed E-state index contributed by atoms with van der Waals surface area (Å²) in [4.78, 5) is 19.0. The van der Waals surface area contributed by atoms with Crippen LogP contribution < -0.4 is 5.56 Å². The Balaban J connectivity index is 2.31.